The fourth-order valence-electron chi connectivity index (χ4n) is 2.14. The zero-order valence-electron chi connectivity index (χ0n) is 12.3. The number of nitro groups is 1. The number of benzene rings is 2. The number of carbonyl (C=O) groups excluding carboxylic acids is 1. The number of para-hydroxylation sites is 1. The van der Waals surface area contributed by atoms with E-state index in [-0.39, 0.29) is 5.69 Å². The molecule has 114 valence electrons. The molecule has 2 aromatic rings. The van der Waals surface area contributed by atoms with E-state index in [0.29, 0.717) is 23.3 Å². The topological polar surface area (TPSA) is 69.4 Å². The number of nitro benzene ring substituents is 1. The number of esters is 1. The fourth-order valence-corrected chi connectivity index (χ4v) is 2.14. The minimum absolute atomic E-state index is 0.0312. The van der Waals surface area contributed by atoms with Gasteiger partial charge in [-0.25, -0.2) is 4.79 Å². The van der Waals surface area contributed by atoms with E-state index in [1.165, 1.54) is 6.07 Å². The standard InChI is InChI=1S/C17H17NO4/c1-2-3-12-22-17(19)15-10-5-4-8-13(15)14-9-6-7-11-16(14)18(20)21/h4-11H,2-3,12H2,1H3. The Morgan fingerprint density at radius 1 is 1.09 bits per heavy atom. The maximum Gasteiger partial charge on any atom is 0.338 e. The molecule has 0 aliphatic rings. The van der Waals surface area contributed by atoms with Gasteiger partial charge < -0.3 is 4.74 Å². The van der Waals surface area contributed by atoms with E-state index in [4.69, 9.17) is 4.74 Å². The maximum absolute atomic E-state index is 12.2. The molecule has 0 bridgehead atoms. The van der Waals surface area contributed by atoms with Crippen molar-refractivity contribution in [3.05, 3.63) is 64.2 Å². The largest absolute Gasteiger partial charge is 0.462 e. The number of carbonyl (C=O) groups is 1. The molecule has 2 rings (SSSR count). The number of hydrogen-bond donors (Lipinski definition) is 0. The van der Waals surface area contributed by atoms with Crippen molar-refractivity contribution in [2.24, 2.45) is 0 Å². The molecule has 0 unspecified atom stereocenters. The molecule has 22 heavy (non-hydrogen) atoms. The summed E-state index contributed by atoms with van der Waals surface area (Å²) in [5.41, 5.74) is 1.23. The molecular formula is C17H17NO4. The SMILES string of the molecule is CCCCOC(=O)c1ccccc1-c1ccccc1[N+](=O)[O-]. The van der Waals surface area contributed by atoms with Gasteiger partial charge in [0.15, 0.2) is 0 Å². The molecule has 0 spiro atoms. The molecule has 0 radical (unpaired) electrons. The summed E-state index contributed by atoms with van der Waals surface area (Å²) in [5.74, 6) is -0.456. The molecule has 0 heterocycles. The Balaban J connectivity index is 2.41. The molecule has 0 fully saturated rings. The van der Waals surface area contributed by atoms with Crippen molar-refractivity contribution in [2.45, 2.75) is 19.8 Å². The number of unbranched alkanes of at least 4 members (excludes halogenated alkanes) is 1. The quantitative estimate of drug-likeness (QED) is 0.346. The van der Waals surface area contributed by atoms with Crippen LogP contribution in [0.2, 0.25) is 0 Å². The molecule has 2 aromatic carbocycles. The predicted octanol–water partition coefficient (Wildman–Crippen LogP) is 4.22. The summed E-state index contributed by atoms with van der Waals surface area (Å²) >= 11 is 0. The summed E-state index contributed by atoms with van der Waals surface area (Å²) in [7, 11) is 0. The minimum atomic E-state index is -0.456. The van der Waals surface area contributed by atoms with E-state index >= 15 is 0 Å². The van der Waals surface area contributed by atoms with Crippen molar-refractivity contribution in [3.8, 4) is 11.1 Å². The summed E-state index contributed by atoms with van der Waals surface area (Å²) < 4.78 is 5.22. The average Bonchev–Trinajstić information content (AvgIpc) is 2.55. The number of nitrogens with zero attached hydrogens (tertiary/aromatic N) is 1. The molecule has 5 heteroatoms. The van der Waals surface area contributed by atoms with Crippen LogP contribution in [0.25, 0.3) is 11.1 Å². The maximum atomic E-state index is 12.2. The summed E-state index contributed by atoms with van der Waals surface area (Å²) in [6.45, 7) is 2.36. The highest BCUT2D eigenvalue weighted by atomic mass is 16.6. The van der Waals surface area contributed by atoms with Crippen LogP contribution in [0, 0.1) is 10.1 Å². The Bertz CT molecular complexity index is 682. The van der Waals surface area contributed by atoms with Crippen LogP contribution < -0.4 is 0 Å². The monoisotopic (exact) mass is 299 g/mol. The molecule has 0 amide bonds. The first-order valence-corrected chi connectivity index (χ1v) is 7.15. The van der Waals surface area contributed by atoms with Crippen LogP contribution in [0.4, 0.5) is 5.69 Å². The Morgan fingerprint density at radius 2 is 1.73 bits per heavy atom. The second-order valence-corrected chi connectivity index (χ2v) is 4.81. The van der Waals surface area contributed by atoms with Gasteiger partial charge in [0.25, 0.3) is 5.69 Å². The van der Waals surface area contributed by atoms with Gasteiger partial charge in [-0.2, -0.15) is 0 Å². The lowest BCUT2D eigenvalue weighted by molar-refractivity contribution is -0.384. The number of ether oxygens (including phenoxy) is 1. The molecule has 0 atom stereocenters. The first-order valence-electron chi connectivity index (χ1n) is 7.15. The molecule has 0 N–H and O–H groups in total. The van der Waals surface area contributed by atoms with Crippen LogP contribution in [0.15, 0.2) is 48.5 Å². The van der Waals surface area contributed by atoms with Crippen LogP contribution in [0.3, 0.4) is 0 Å². The first kappa shape index (κ1) is 15.7. The Hall–Kier alpha value is -2.69. The number of hydrogen-bond acceptors (Lipinski definition) is 4. The highest BCUT2D eigenvalue weighted by molar-refractivity contribution is 5.98. The Morgan fingerprint density at radius 3 is 2.41 bits per heavy atom. The highest BCUT2D eigenvalue weighted by Crippen LogP contribution is 2.32. The van der Waals surface area contributed by atoms with Gasteiger partial charge in [-0.05, 0) is 18.6 Å². The zero-order chi connectivity index (χ0) is 15.9. The molecular weight excluding hydrogens is 282 g/mol. The van der Waals surface area contributed by atoms with Crippen LogP contribution in [-0.4, -0.2) is 17.5 Å². The van der Waals surface area contributed by atoms with Crippen molar-refractivity contribution < 1.29 is 14.5 Å². The van der Waals surface area contributed by atoms with Crippen molar-refractivity contribution in [2.75, 3.05) is 6.61 Å². The summed E-state index contributed by atoms with van der Waals surface area (Å²) in [6.07, 6.45) is 1.72. The average molecular weight is 299 g/mol. The van der Waals surface area contributed by atoms with Crippen molar-refractivity contribution in [1.82, 2.24) is 0 Å². The van der Waals surface area contributed by atoms with Gasteiger partial charge >= 0.3 is 5.97 Å². The van der Waals surface area contributed by atoms with Gasteiger partial charge in [0.1, 0.15) is 0 Å². The normalized spacial score (nSPS) is 10.2. The third-order valence-corrected chi connectivity index (χ3v) is 3.27. The third kappa shape index (κ3) is 3.49. The lowest BCUT2D eigenvalue weighted by atomic mass is 9.98. The Labute approximate surface area is 128 Å². The predicted molar refractivity (Wildman–Crippen MR) is 83.7 cm³/mol. The van der Waals surface area contributed by atoms with Crippen molar-refractivity contribution in [1.29, 1.82) is 0 Å². The van der Waals surface area contributed by atoms with Crippen LogP contribution >= 0.6 is 0 Å². The van der Waals surface area contributed by atoms with Gasteiger partial charge in [-0.15, -0.1) is 0 Å². The van der Waals surface area contributed by atoms with Gasteiger partial charge in [-0.3, -0.25) is 10.1 Å². The molecule has 0 aliphatic carbocycles. The minimum Gasteiger partial charge on any atom is -0.462 e. The van der Waals surface area contributed by atoms with E-state index in [9.17, 15) is 14.9 Å². The van der Waals surface area contributed by atoms with E-state index in [1.54, 1.807) is 42.5 Å². The molecule has 0 aromatic heterocycles. The van der Waals surface area contributed by atoms with Gasteiger partial charge in [0.2, 0.25) is 0 Å². The molecule has 0 saturated carbocycles. The second kappa shape index (κ2) is 7.36. The highest BCUT2D eigenvalue weighted by Gasteiger charge is 2.20. The van der Waals surface area contributed by atoms with Crippen LogP contribution in [0.5, 0.6) is 0 Å². The van der Waals surface area contributed by atoms with Crippen LogP contribution in [0.1, 0.15) is 30.1 Å². The third-order valence-electron chi connectivity index (χ3n) is 3.27. The van der Waals surface area contributed by atoms with E-state index < -0.39 is 10.9 Å². The number of rotatable bonds is 6. The molecule has 0 saturated heterocycles. The Kier molecular flexibility index (Phi) is 5.25. The van der Waals surface area contributed by atoms with E-state index in [2.05, 4.69) is 0 Å². The van der Waals surface area contributed by atoms with Crippen LogP contribution in [-0.2, 0) is 4.74 Å². The lowest BCUT2D eigenvalue weighted by Gasteiger charge is -2.10. The molecule has 0 aliphatic heterocycles. The fraction of sp³-hybridized carbons (Fsp3) is 0.235. The smallest absolute Gasteiger partial charge is 0.338 e. The van der Waals surface area contributed by atoms with Crippen molar-refractivity contribution >= 4 is 11.7 Å². The van der Waals surface area contributed by atoms with Crippen molar-refractivity contribution in [3.63, 3.8) is 0 Å². The second-order valence-electron chi connectivity index (χ2n) is 4.81. The lowest BCUT2D eigenvalue weighted by Crippen LogP contribution is -2.08. The van der Waals surface area contributed by atoms with Gasteiger partial charge in [-0.1, -0.05) is 43.7 Å². The summed E-state index contributed by atoms with van der Waals surface area (Å²) in [4.78, 5) is 22.9. The van der Waals surface area contributed by atoms with Gasteiger partial charge in [0, 0.05) is 11.6 Å². The summed E-state index contributed by atoms with van der Waals surface area (Å²) in [5, 5.41) is 11.2. The zero-order valence-corrected chi connectivity index (χ0v) is 12.3. The molecule has 5 nitrogen and oxygen atoms in total. The first-order chi connectivity index (χ1) is 10.6. The van der Waals surface area contributed by atoms with E-state index in [1.807, 2.05) is 6.92 Å². The van der Waals surface area contributed by atoms with E-state index in [0.717, 1.165) is 12.8 Å². The van der Waals surface area contributed by atoms with Gasteiger partial charge in [0.05, 0.1) is 22.7 Å². The summed E-state index contributed by atoms with van der Waals surface area (Å²) in [6, 6.07) is 13.2.